The summed E-state index contributed by atoms with van der Waals surface area (Å²) in [5, 5.41) is 8.36. The molecule has 0 bridgehead atoms. The van der Waals surface area contributed by atoms with Gasteiger partial charge in [-0.05, 0) is 24.1 Å². The molecular formula is C10H9ClO2. The van der Waals surface area contributed by atoms with Crippen molar-refractivity contribution in [1.82, 2.24) is 0 Å². The number of rotatable bonds is 2. The van der Waals surface area contributed by atoms with Gasteiger partial charge in [0.2, 0.25) is 0 Å². The SMILES string of the molecule is Cc1ccccc1/C=C(\Cl)C(=O)O. The lowest BCUT2D eigenvalue weighted by Crippen LogP contribution is -1.93. The molecule has 0 aliphatic rings. The highest BCUT2D eigenvalue weighted by atomic mass is 35.5. The van der Waals surface area contributed by atoms with Gasteiger partial charge < -0.3 is 5.11 Å². The van der Waals surface area contributed by atoms with Gasteiger partial charge in [-0.2, -0.15) is 0 Å². The molecule has 0 spiro atoms. The molecule has 1 aromatic rings. The molecule has 2 nitrogen and oxygen atoms in total. The summed E-state index contributed by atoms with van der Waals surface area (Å²) in [6.07, 6.45) is 1.44. The maximum absolute atomic E-state index is 10.4. The summed E-state index contributed by atoms with van der Waals surface area (Å²) in [4.78, 5) is 10.4. The van der Waals surface area contributed by atoms with Crippen LogP contribution in [-0.2, 0) is 4.79 Å². The van der Waals surface area contributed by atoms with Crippen molar-refractivity contribution in [3.05, 3.63) is 40.4 Å². The third-order valence-electron chi connectivity index (χ3n) is 1.67. The zero-order chi connectivity index (χ0) is 9.84. The monoisotopic (exact) mass is 196 g/mol. The first-order valence-corrected chi connectivity index (χ1v) is 4.15. The van der Waals surface area contributed by atoms with Crippen molar-refractivity contribution < 1.29 is 9.90 Å². The Morgan fingerprint density at radius 3 is 2.62 bits per heavy atom. The van der Waals surface area contributed by atoms with E-state index in [1.807, 2.05) is 31.2 Å². The smallest absolute Gasteiger partial charge is 0.347 e. The largest absolute Gasteiger partial charge is 0.477 e. The van der Waals surface area contributed by atoms with Crippen molar-refractivity contribution in [2.75, 3.05) is 0 Å². The molecular weight excluding hydrogens is 188 g/mol. The van der Waals surface area contributed by atoms with Crippen LogP contribution in [0.3, 0.4) is 0 Å². The Morgan fingerprint density at radius 1 is 1.46 bits per heavy atom. The van der Waals surface area contributed by atoms with E-state index in [2.05, 4.69) is 0 Å². The second-order valence-corrected chi connectivity index (χ2v) is 3.06. The lowest BCUT2D eigenvalue weighted by Gasteiger charge is -1.98. The molecule has 0 atom stereocenters. The van der Waals surface area contributed by atoms with Crippen molar-refractivity contribution in [2.45, 2.75) is 6.92 Å². The van der Waals surface area contributed by atoms with Crippen LogP contribution in [0.5, 0.6) is 0 Å². The van der Waals surface area contributed by atoms with Crippen molar-refractivity contribution in [3.8, 4) is 0 Å². The second-order valence-electron chi connectivity index (χ2n) is 2.65. The first-order valence-electron chi connectivity index (χ1n) is 3.77. The summed E-state index contributed by atoms with van der Waals surface area (Å²) >= 11 is 5.48. The summed E-state index contributed by atoms with van der Waals surface area (Å²) in [5.41, 5.74) is 1.83. The lowest BCUT2D eigenvalue weighted by molar-refractivity contribution is -0.131. The molecule has 68 valence electrons. The molecule has 0 heterocycles. The molecule has 0 aliphatic carbocycles. The summed E-state index contributed by atoms with van der Waals surface area (Å²) < 4.78 is 0. The fraction of sp³-hybridized carbons (Fsp3) is 0.100. The Balaban J connectivity index is 3.04. The summed E-state index contributed by atoms with van der Waals surface area (Å²) in [6.45, 7) is 1.90. The molecule has 0 aliphatic heterocycles. The zero-order valence-electron chi connectivity index (χ0n) is 7.12. The molecule has 1 aromatic carbocycles. The Kier molecular flexibility index (Phi) is 3.09. The first kappa shape index (κ1) is 9.81. The predicted molar refractivity (Wildman–Crippen MR) is 52.6 cm³/mol. The number of carbonyl (C=O) groups is 1. The van der Waals surface area contributed by atoms with Crippen LogP contribution in [0, 0.1) is 6.92 Å². The van der Waals surface area contributed by atoms with Gasteiger partial charge in [-0.3, -0.25) is 0 Å². The van der Waals surface area contributed by atoms with E-state index in [0.29, 0.717) is 0 Å². The molecule has 0 fully saturated rings. The molecule has 0 saturated carbocycles. The van der Waals surface area contributed by atoms with Crippen LogP contribution in [0.2, 0.25) is 0 Å². The van der Waals surface area contributed by atoms with E-state index in [9.17, 15) is 4.79 Å². The van der Waals surface area contributed by atoms with Gasteiger partial charge in [0.1, 0.15) is 5.03 Å². The predicted octanol–water partition coefficient (Wildman–Crippen LogP) is 2.66. The molecule has 0 radical (unpaired) electrons. The molecule has 1 N–H and O–H groups in total. The van der Waals surface area contributed by atoms with Gasteiger partial charge >= 0.3 is 5.97 Å². The average Bonchev–Trinajstić information content (AvgIpc) is 2.08. The fourth-order valence-electron chi connectivity index (χ4n) is 0.947. The second kappa shape index (κ2) is 4.10. The third kappa shape index (κ3) is 2.60. The van der Waals surface area contributed by atoms with Gasteiger partial charge in [0.05, 0.1) is 0 Å². The van der Waals surface area contributed by atoms with Crippen LogP contribution in [0.1, 0.15) is 11.1 Å². The summed E-state index contributed by atoms with van der Waals surface area (Å²) in [6, 6.07) is 7.45. The molecule has 0 aromatic heterocycles. The minimum atomic E-state index is -1.11. The molecule has 0 amide bonds. The first-order chi connectivity index (χ1) is 6.11. The summed E-state index contributed by atoms with van der Waals surface area (Å²) in [5.74, 6) is -1.11. The highest BCUT2D eigenvalue weighted by Crippen LogP contribution is 2.13. The summed E-state index contributed by atoms with van der Waals surface area (Å²) in [7, 11) is 0. The number of carboxylic acids is 1. The van der Waals surface area contributed by atoms with Crippen LogP contribution in [0.15, 0.2) is 29.3 Å². The van der Waals surface area contributed by atoms with Crippen LogP contribution in [-0.4, -0.2) is 11.1 Å². The Labute approximate surface area is 81.5 Å². The van der Waals surface area contributed by atoms with E-state index in [1.54, 1.807) is 0 Å². The standard InChI is InChI=1S/C10H9ClO2/c1-7-4-2-3-5-8(7)6-9(11)10(12)13/h2-6H,1H3,(H,12,13)/b9-6-. The van der Waals surface area contributed by atoms with Crippen molar-refractivity contribution in [2.24, 2.45) is 0 Å². The zero-order valence-corrected chi connectivity index (χ0v) is 7.88. The number of benzene rings is 1. The molecule has 0 unspecified atom stereocenters. The maximum Gasteiger partial charge on any atom is 0.347 e. The minimum Gasteiger partial charge on any atom is -0.477 e. The van der Waals surface area contributed by atoms with Gasteiger partial charge in [0.15, 0.2) is 0 Å². The normalized spacial score (nSPS) is 11.4. The topological polar surface area (TPSA) is 37.3 Å². The van der Waals surface area contributed by atoms with E-state index in [0.717, 1.165) is 11.1 Å². The van der Waals surface area contributed by atoms with Crippen LogP contribution < -0.4 is 0 Å². The molecule has 13 heavy (non-hydrogen) atoms. The number of carboxylic acid groups (broad SMARTS) is 1. The van der Waals surface area contributed by atoms with E-state index in [4.69, 9.17) is 16.7 Å². The Morgan fingerprint density at radius 2 is 2.08 bits per heavy atom. The van der Waals surface area contributed by atoms with Crippen molar-refractivity contribution >= 4 is 23.6 Å². The van der Waals surface area contributed by atoms with E-state index in [1.165, 1.54) is 6.08 Å². The van der Waals surface area contributed by atoms with E-state index in [-0.39, 0.29) is 5.03 Å². The number of aliphatic carboxylic acids is 1. The number of hydrogen-bond donors (Lipinski definition) is 1. The molecule has 0 saturated heterocycles. The number of hydrogen-bond acceptors (Lipinski definition) is 1. The van der Waals surface area contributed by atoms with Crippen LogP contribution in [0.25, 0.3) is 6.08 Å². The van der Waals surface area contributed by atoms with Crippen LogP contribution in [0.4, 0.5) is 0 Å². The quantitative estimate of drug-likeness (QED) is 0.739. The molecule has 1 rings (SSSR count). The number of aryl methyl sites for hydroxylation is 1. The Bertz CT molecular complexity index is 356. The fourth-order valence-corrected chi connectivity index (χ4v) is 1.06. The Hall–Kier alpha value is -1.28. The van der Waals surface area contributed by atoms with Crippen molar-refractivity contribution in [3.63, 3.8) is 0 Å². The maximum atomic E-state index is 10.4. The number of halogens is 1. The van der Waals surface area contributed by atoms with Gasteiger partial charge in [0, 0.05) is 0 Å². The van der Waals surface area contributed by atoms with Gasteiger partial charge in [-0.25, -0.2) is 4.79 Å². The minimum absolute atomic E-state index is 0.172. The van der Waals surface area contributed by atoms with Crippen LogP contribution >= 0.6 is 11.6 Å². The van der Waals surface area contributed by atoms with Gasteiger partial charge in [-0.15, -0.1) is 0 Å². The van der Waals surface area contributed by atoms with E-state index >= 15 is 0 Å². The lowest BCUT2D eigenvalue weighted by atomic mass is 10.1. The molecule has 3 heteroatoms. The highest BCUT2D eigenvalue weighted by Gasteiger charge is 2.03. The third-order valence-corrected chi connectivity index (χ3v) is 1.95. The van der Waals surface area contributed by atoms with Crippen molar-refractivity contribution in [1.29, 1.82) is 0 Å². The van der Waals surface area contributed by atoms with Gasteiger partial charge in [-0.1, -0.05) is 35.9 Å². The van der Waals surface area contributed by atoms with Gasteiger partial charge in [0.25, 0.3) is 0 Å². The van der Waals surface area contributed by atoms with E-state index < -0.39 is 5.97 Å². The highest BCUT2D eigenvalue weighted by molar-refractivity contribution is 6.43. The average molecular weight is 197 g/mol.